The Kier molecular flexibility index (Phi) is 5.59. The van der Waals surface area contributed by atoms with Crippen LogP contribution in [0.5, 0.6) is 0 Å². The van der Waals surface area contributed by atoms with E-state index in [2.05, 4.69) is 10.00 Å². The van der Waals surface area contributed by atoms with Crippen LogP contribution in [-0.4, -0.2) is 71.3 Å². The summed E-state index contributed by atoms with van der Waals surface area (Å²) >= 11 is 0. The number of carbonyl (C=O) groups is 2. The van der Waals surface area contributed by atoms with Crippen molar-refractivity contribution in [2.24, 2.45) is 0 Å². The van der Waals surface area contributed by atoms with Crippen LogP contribution in [0.25, 0.3) is 0 Å². The number of hydrogen-bond donors (Lipinski definition) is 1. The molecule has 0 aliphatic carbocycles. The first-order valence-electron chi connectivity index (χ1n) is 7.89. The van der Waals surface area contributed by atoms with E-state index in [0.29, 0.717) is 25.5 Å². The number of likely N-dealkylation sites (tertiary alicyclic amines) is 1. The Morgan fingerprint density at radius 1 is 1.43 bits per heavy atom. The van der Waals surface area contributed by atoms with Crippen molar-refractivity contribution in [3.8, 4) is 0 Å². The Labute approximate surface area is 136 Å². The minimum atomic E-state index is -0.460. The van der Waals surface area contributed by atoms with Crippen LogP contribution in [0.4, 0.5) is 5.82 Å². The van der Waals surface area contributed by atoms with Crippen LogP contribution in [0.2, 0.25) is 0 Å². The van der Waals surface area contributed by atoms with Gasteiger partial charge in [-0.25, -0.2) is 9.48 Å². The summed E-state index contributed by atoms with van der Waals surface area (Å²) in [5, 5.41) is 4.15. The molecule has 8 nitrogen and oxygen atoms in total. The molecule has 23 heavy (non-hydrogen) atoms. The van der Waals surface area contributed by atoms with Crippen molar-refractivity contribution in [1.82, 2.24) is 19.6 Å². The normalized spacial score (nSPS) is 18.1. The van der Waals surface area contributed by atoms with E-state index in [-0.39, 0.29) is 17.5 Å². The summed E-state index contributed by atoms with van der Waals surface area (Å²) in [6.45, 7) is 4.12. The molecule has 2 rings (SSSR count). The maximum absolute atomic E-state index is 12.2. The van der Waals surface area contributed by atoms with E-state index in [9.17, 15) is 9.59 Å². The molecule has 0 bridgehead atoms. The number of rotatable bonds is 6. The van der Waals surface area contributed by atoms with Gasteiger partial charge in [-0.1, -0.05) is 0 Å². The lowest BCUT2D eigenvalue weighted by Gasteiger charge is -2.26. The SMILES string of the molecule is CCOC(=O)c1cnn(CCN2CCCC2C(=O)N(C)C)c1N. The van der Waals surface area contributed by atoms with Crippen LogP contribution >= 0.6 is 0 Å². The first-order valence-corrected chi connectivity index (χ1v) is 7.89. The van der Waals surface area contributed by atoms with Gasteiger partial charge in [-0.2, -0.15) is 5.10 Å². The molecule has 1 fully saturated rings. The van der Waals surface area contributed by atoms with Crippen molar-refractivity contribution in [2.45, 2.75) is 32.4 Å². The zero-order chi connectivity index (χ0) is 17.0. The second-order valence-corrected chi connectivity index (χ2v) is 5.81. The number of carbonyl (C=O) groups excluding carboxylic acids is 2. The molecule has 128 valence electrons. The molecule has 1 amide bonds. The molecule has 2 heterocycles. The lowest BCUT2D eigenvalue weighted by molar-refractivity contribution is -0.133. The van der Waals surface area contributed by atoms with Gasteiger partial charge >= 0.3 is 5.97 Å². The number of amides is 1. The van der Waals surface area contributed by atoms with E-state index in [1.165, 1.54) is 6.20 Å². The van der Waals surface area contributed by atoms with Crippen molar-refractivity contribution in [3.05, 3.63) is 11.8 Å². The smallest absolute Gasteiger partial charge is 0.343 e. The molecular formula is C15H25N5O3. The van der Waals surface area contributed by atoms with Gasteiger partial charge in [0.25, 0.3) is 0 Å². The lowest BCUT2D eigenvalue weighted by atomic mass is 10.2. The average molecular weight is 323 g/mol. The van der Waals surface area contributed by atoms with E-state index in [0.717, 1.165) is 19.4 Å². The number of aromatic nitrogens is 2. The predicted octanol–water partition coefficient (Wildman–Crippen LogP) is 0.195. The van der Waals surface area contributed by atoms with Gasteiger partial charge in [0.1, 0.15) is 11.4 Å². The molecule has 1 aromatic heterocycles. The zero-order valence-electron chi connectivity index (χ0n) is 14.0. The molecule has 1 aromatic rings. The van der Waals surface area contributed by atoms with Crippen LogP contribution in [-0.2, 0) is 16.1 Å². The van der Waals surface area contributed by atoms with Crippen molar-refractivity contribution < 1.29 is 14.3 Å². The fourth-order valence-corrected chi connectivity index (χ4v) is 2.83. The first-order chi connectivity index (χ1) is 11.0. The summed E-state index contributed by atoms with van der Waals surface area (Å²) in [6, 6.07) is -0.0775. The Morgan fingerprint density at radius 3 is 2.83 bits per heavy atom. The topological polar surface area (TPSA) is 93.7 Å². The highest BCUT2D eigenvalue weighted by atomic mass is 16.5. The van der Waals surface area contributed by atoms with Crippen LogP contribution in [0.15, 0.2) is 6.20 Å². The highest BCUT2D eigenvalue weighted by Gasteiger charge is 2.31. The van der Waals surface area contributed by atoms with Gasteiger partial charge in [0.2, 0.25) is 5.91 Å². The average Bonchev–Trinajstić information content (AvgIpc) is 3.11. The molecule has 1 saturated heterocycles. The van der Waals surface area contributed by atoms with E-state index >= 15 is 0 Å². The first kappa shape index (κ1) is 17.3. The fraction of sp³-hybridized carbons (Fsp3) is 0.667. The molecule has 0 radical (unpaired) electrons. The third-order valence-electron chi connectivity index (χ3n) is 4.06. The molecule has 0 aromatic carbocycles. The molecule has 1 aliphatic heterocycles. The zero-order valence-corrected chi connectivity index (χ0v) is 14.0. The van der Waals surface area contributed by atoms with E-state index in [1.807, 2.05) is 0 Å². The molecule has 2 N–H and O–H groups in total. The van der Waals surface area contributed by atoms with Gasteiger partial charge in [-0.3, -0.25) is 9.69 Å². The number of likely N-dealkylation sites (N-methyl/N-ethyl adjacent to an activating group) is 1. The molecule has 0 saturated carbocycles. The second-order valence-electron chi connectivity index (χ2n) is 5.81. The third-order valence-corrected chi connectivity index (χ3v) is 4.06. The number of anilines is 1. The molecule has 0 spiro atoms. The third kappa shape index (κ3) is 3.82. The number of nitrogens with zero attached hydrogens (tertiary/aromatic N) is 4. The van der Waals surface area contributed by atoms with Crippen LogP contribution in [0.3, 0.4) is 0 Å². The summed E-state index contributed by atoms with van der Waals surface area (Å²) in [5.41, 5.74) is 6.25. The van der Waals surface area contributed by atoms with Gasteiger partial charge in [-0.15, -0.1) is 0 Å². The highest BCUT2D eigenvalue weighted by molar-refractivity contribution is 5.93. The maximum Gasteiger partial charge on any atom is 0.343 e. The number of esters is 1. The Hall–Kier alpha value is -2.09. The van der Waals surface area contributed by atoms with Crippen LogP contribution < -0.4 is 5.73 Å². The maximum atomic E-state index is 12.2. The van der Waals surface area contributed by atoms with Crippen LogP contribution in [0.1, 0.15) is 30.1 Å². The predicted molar refractivity (Wildman–Crippen MR) is 85.9 cm³/mol. The number of nitrogen functional groups attached to an aromatic ring is 1. The summed E-state index contributed by atoms with van der Waals surface area (Å²) < 4.78 is 6.53. The number of nitrogens with two attached hydrogens (primary N) is 1. The molecule has 1 atom stereocenters. The summed E-state index contributed by atoms with van der Waals surface area (Å²) in [6.07, 6.45) is 3.31. The van der Waals surface area contributed by atoms with Gasteiger partial charge < -0.3 is 15.4 Å². The van der Waals surface area contributed by atoms with Crippen molar-refractivity contribution in [1.29, 1.82) is 0 Å². The monoisotopic (exact) mass is 323 g/mol. The quantitative estimate of drug-likeness (QED) is 0.751. The highest BCUT2D eigenvalue weighted by Crippen LogP contribution is 2.19. The summed E-state index contributed by atoms with van der Waals surface area (Å²) in [7, 11) is 3.55. The molecular weight excluding hydrogens is 298 g/mol. The Bertz CT molecular complexity index is 569. The lowest BCUT2D eigenvalue weighted by Crippen LogP contribution is -2.43. The fourth-order valence-electron chi connectivity index (χ4n) is 2.83. The van der Waals surface area contributed by atoms with Crippen LogP contribution in [0, 0.1) is 0 Å². The van der Waals surface area contributed by atoms with E-state index < -0.39 is 5.97 Å². The number of hydrogen-bond acceptors (Lipinski definition) is 6. The molecule has 1 aliphatic rings. The van der Waals surface area contributed by atoms with Crippen molar-refractivity contribution in [2.75, 3.05) is 39.5 Å². The van der Waals surface area contributed by atoms with Gasteiger partial charge in [0.05, 0.1) is 25.4 Å². The molecule has 8 heteroatoms. The summed E-state index contributed by atoms with van der Waals surface area (Å²) in [4.78, 5) is 27.7. The van der Waals surface area contributed by atoms with Gasteiger partial charge in [0.15, 0.2) is 0 Å². The van der Waals surface area contributed by atoms with Gasteiger partial charge in [-0.05, 0) is 26.3 Å². The standard InChI is InChI=1S/C15H25N5O3/c1-4-23-15(22)11-10-17-20(13(11)16)9-8-19-7-5-6-12(19)14(21)18(2)3/h10,12H,4-9,16H2,1-3H3. The Balaban J connectivity index is 1.98. The second kappa shape index (κ2) is 7.45. The minimum Gasteiger partial charge on any atom is -0.462 e. The summed E-state index contributed by atoms with van der Waals surface area (Å²) in [5.74, 6) is -0.0284. The Morgan fingerprint density at radius 2 is 2.17 bits per heavy atom. The van der Waals surface area contributed by atoms with Gasteiger partial charge in [0, 0.05) is 20.6 Å². The van der Waals surface area contributed by atoms with E-state index in [4.69, 9.17) is 10.5 Å². The largest absolute Gasteiger partial charge is 0.462 e. The van der Waals surface area contributed by atoms with E-state index in [1.54, 1.807) is 30.6 Å². The van der Waals surface area contributed by atoms with Crippen molar-refractivity contribution in [3.63, 3.8) is 0 Å². The minimum absolute atomic E-state index is 0.0775. The molecule has 1 unspecified atom stereocenters. The number of ether oxygens (including phenoxy) is 1. The van der Waals surface area contributed by atoms with Crippen molar-refractivity contribution >= 4 is 17.7 Å².